The van der Waals surface area contributed by atoms with Crippen LogP contribution in [0.15, 0.2) is 18.2 Å². The molecule has 0 aliphatic heterocycles. The summed E-state index contributed by atoms with van der Waals surface area (Å²) in [5, 5.41) is 10.8. The van der Waals surface area contributed by atoms with E-state index in [0.717, 1.165) is 0 Å². The van der Waals surface area contributed by atoms with Gasteiger partial charge in [0.1, 0.15) is 6.67 Å². The molecule has 1 aromatic carbocycles. The molecule has 0 bridgehead atoms. The summed E-state index contributed by atoms with van der Waals surface area (Å²) in [4.78, 5) is 9.93. The molecule has 4 nitrogen and oxygen atoms in total. The summed E-state index contributed by atoms with van der Waals surface area (Å²) >= 11 is 5.62. The molecule has 0 aliphatic rings. The molecule has 76 valence electrons. The topological polar surface area (TPSA) is 69.2 Å². The molecule has 0 radical (unpaired) electrons. The fourth-order valence-corrected chi connectivity index (χ4v) is 1.25. The zero-order valence-electron chi connectivity index (χ0n) is 7.11. The summed E-state index contributed by atoms with van der Waals surface area (Å²) in [5.41, 5.74) is 5.27. The maximum absolute atomic E-state index is 12.3. The van der Waals surface area contributed by atoms with Crippen molar-refractivity contribution in [2.45, 2.75) is 6.04 Å². The minimum Gasteiger partial charge on any atom is -0.322 e. The second-order valence-electron chi connectivity index (χ2n) is 2.72. The molecule has 2 N–H and O–H groups in total. The average Bonchev–Trinajstić information content (AvgIpc) is 2.16. The highest BCUT2D eigenvalue weighted by Gasteiger charge is 2.19. The molecule has 14 heavy (non-hydrogen) atoms. The maximum Gasteiger partial charge on any atom is 0.274 e. The van der Waals surface area contributed by atoms with Crippen molar-refractivity contribution in [3.63, 3.8) is 0 Å². The Balaban J connectivity index is 3.22. The number of nitrogens with two attached hydrogens (primary N) is 1. The van der Waals surface area contributed by atoms with Crippen LogP contribution < -0.4 is 5.73 Å². The third-order valence-electron chi connectivity index (χ3n) is 1.75. The summed E-state index contributed by atoms with van der Waals surface area (Å²) < 4.78 is 12.3. The fourth-order valence-electron chi connectivity index (χ4n) is 1.07. The van der Waals surface area contributed by atoms with Crippen LogP contribution in [0.3, 0.4) is 0 Å². The molecule has 0 aliphatic carbocycles. The van der Waals surface area contributed by atoms with Crippen LogP contribution in [0.2, 0.25) is 5.02 Å². The van der Waals surface area contributed by atoms with Crippen molar-refractivity contribution in [1.82, 2.24) is 0 Å². The van der Waals surface area contributed by atoms with Crippen molar-refractivity contribution in [1.29, 1.82) is 0 Å². The molecule has 6 heteroatoms. The summed E-state index contributed by atoms with van der Waals surface area (Å²) in [7, 11) is 0. The number of nitro benzene ring substituents is 1. The first-order valence-corrected chi connectivity index (χ1v) is 4.19. The zero-order valence-corrected chi connectivity index (χ0v) is 7.87. The lowest BCUT2D eigenvalue weighted by Gasteiger charge is -2.07. The molecule has 0 saturated carbocycles. The van der Waals surface area contributed by atoms with Gasteiger partial charge in [-0.3, -0.25) is 10.1 Å². The van der Waals surface area contributed by atoms with E-state index >= 15 is 0 Å². The molecular weight excluding hydrogens is 211 g/mol. The van der Waals surface area contributed by atoms with Gasteiger partial charge in [0, 0.05) is 11.1 Å². The van der Waals surface area contributed by atoms with Crippen molar-refractivity contribution in [2.75, 3.05) is 6.67 Å². The molecule has 1 atom stereocenters. The number of hydrogen-bond donors (Lipinski definition) is 1. The van der Waals surface area contributed by atoms with Crippen LogP contribution in [0.25, 0.3) is 0 Å². The standard InChI is InChI=1S/C8H8ClFN2O2/c9-5-1-2-8(12(13)14)6(3-5)7(11)4-10/h1-3,7H,4,11H2/t7-/m1/s1. The number of alkyl halides is 1. The van der Waals surface area contributed by atoms with Crippen LogP contribution in [0.4, 0.5) is 10.1 Å². The average molecular weight is 219 g/mol. The smallest absolute Gasteiger partial charge is 0.274 e. The van der Waals surface area contributed by atoms with Gasteiger partial charge in [0.25, 0.3) is 5.69 Å². The van der Waals surface area contributed by atoms with Crippen molar-refractivity contribution in [2.24, 2.45) is 5.73 Å². The molecule has 0 heterocycles. The number of nitro groups is 1. The Kier molecular flexibility index (Phi) is 3.38. The molecule has 1 rings (SSSR count). The Bertz CT molecular complexity index is 359. The predicted octanol–water partition coefficient (Wildman–Crippen LogP) is 2.22. The van der Waals surface area contributed by atoms with E-state index in [-0.39, 0.29) is 11.3 Å². The highest BCUT2D eigenvalue weighted by atomic mass is 35.5. The van der Waals surface area contributed by atoms with Gasteiger partial charge in [-0.15, -0.1) is 0 Å². The Morgan fingerprint density at radius 1 is 1.64 bits per heavy atom. The number of hydrogen-bond acceptors (Lipinski definition) is 3. The van der Waals surface area contributed by atoms with Crippen molar-refractivity contribution < 1.29 is 9.31 Å². The van der Waals surface area contributed by atoms with Crippen LogP contribution in [0.1, 0.15) is 11.6 Å². The van der Waals surface area contributed by atoms with Crippen molar-refractivity contribution in [3.8, 4) is 0 Å². The third-order valence-corrected chi connectivity index (χ3v) is 1.99. The minimum absolute atomic E-state index is 0.116. The number of nitrogens with zero attached hydrogens (tertiary/aromatic N) is 1. The van der Waals surface area contributed by atoms with Gasteiger partial charge in [0.15, 0.2) is 0 Å². The summed E-state index contributed by atoms with van der Waals surface area (Å²) in [6.45, 7) is -0.860. The maximum atomic E-state index is 12.3. The van der Waals surface area contributed by atoms with Gasteiger partial charge < -0.3 is 5.73 Å². The molecule has 0 unspecified atom stereocenters. The first-order valence-electron chi connectivity index (χ1n) is 3.81. The molecule has 0 fully saturated rings. The minimum atomic E-state index is -1.01. The Morgan fingerprint density at radius 2 is 2.29 bits per heavy atom. The van der Waals surface area contributed by atoms with E-state index in [2.05, 4.69) is 0 Å². The van der Waals surface area contributed by atoms with Crippen molar-refractivity contribution in [3.05, 3.63) is 38.9 Å². The third kappa shape index (κ3) is 2.18. The zero-order chi connectivity index (χ0) is 10.7. The van der Waals surface area contributed by atoms with E-state index in [9.17, 15) is 14.5 Å². The normalized spacial score (nSPS) is 12.5. The fraction of sp³-hybridized carbons (Fsp3) is 0.250. The predicted molar refractivity (Wildman–Crippen MR) is 51.0 cm³/mol. The lowest BCUT2D eigenvalue weighted by Crippen LogP contribution is -2.14. The summed E-state index contributed by atoms with van der Waals surface area (Å²) in [6, 6.07) is 2.89. The van der Waals surface area contributed by atoms with Crippen LogP contribution in [0, 0.1) is 10.1 Å². The molecule has 0 spiro atoms. The Morgan fingerprint density at radius 3 is 2.79 bits per heavy atom. The van der Waals surface area contributed by atoms with E-state index in [0.29, 0.717) is 5.02 Å². The lowest BCUT2D eigenvalue weighted by molar-refractivity contribution is -0.385. The van der Waals surface area contributed by atoms with Crippen molar-refractivity contribution >= 4 is 17.3 Å². The first kappa shape index (κ1) is 10.9. The van der Waals surface area contributed by atoms with Gasteiger partial charge in [-0.25, -0.2) is 4.39 Å². The molecule has 0 amide bonds. The SMILES string of the molecule is N[C@H](CF)c1cc(Cl)ccc1[N+](=O)[O-]. The van der Waals surface area contributed by atoms with E-state index in [1.54, 1.807) is 0 Å². The Hall–Kier alpha value is -1.20. The first-order chi connectivity index (χ1) is 6.56. The van der Waals surface area contributed by atoms with Gasteiger partial charge in [-0.1, -0.05) is 11.6 Å². The monoisotopic (exact) mass is 218 g/mol. The van der Waals surface area contributed by atoms with E-state index < -0.39 is 17.6 Å². The second-order valence-corrected chi connectivity index (χ2v) is 3.16. The van der Waals surface area contributed by atoms with E-state index in [1.807, 2.05) is 0 Å². The second kappa shape index (κ2) is 4.34. The van der Waals surface area contributed by atoms with Gasteiger partial charge >= 0.3 is 0 Å². The summed E-state index contributed by atoms with van der Waals surface area (Å²) in [5.74, 6) is 0. The quantitative estimate of drug-likeness (QED) is 0.625. The van der Waals surface area contributed by atoms with Crippen LogP contribution in [0.5, 0.6) is 0 Å². The van der Waals surface area contributed by atoms with Crippen LogP contribution in [-0.4, -0.2) is 11.6 Å². The van der Waals surface area contributed by atoms with Crippen LogP contribution >= 0.6 is 11.6 Å². The molecule has 0 aromatic heterocycles. The van der Waals surface area contributed by atoms with E-state index in [4.69, 9.17) is 17.3 Å². The lowest BCUT2D eigenvalue weighted by atomic mass is 10.1. The van der Waals surface area contributed by atoms with Gasteiger partial charge in [0.05, 0.1) is 16.5 Å². The number of benzene rings is 1. The van der Waals surface area contributed by atoms with Gasteiger partial charge in [-0.05, 0) is 12.1 Å². The van der Waals surface area contributed by atoms with Crippen LogP contribution in [-0.2, 0) is 0 Å². The van der Waals surface area contributed by atoms with E-state index in [1.165, 1.54) is 18.2 Å². The summed E-state index contributed by atoms with van der Waals surface area (Å²) in [6.07, 6.45) is 0. The van der Waals surface area contributed by atoms with Gasteiger partial charge in [0.2, 0.25) is 0 Å². The highest BCUT2D eigenvalue weighted by molar-refractivity contribution is 6.30. The number of rotatable bonds is 3. The number of halogens is 2. The Labute approximate surface area is 84.6 Å². The molecule has 0 saturated heterocycles. The van der Waals surface area contributed by atoms with Gasteiger partial charge in [-0.2, -0.15) is 0 Å². The highest BCUT2D eigenvalue weighted by Crippen LogP contribution is 2.27. The molecule has 1 aromatic rings. The largest absolute Gasteiger partial charge is 0.322 e. The molecular formula is C8H8ClFN2O2.